The molecule has 5 heteroatoms. The highest BCUT2D eigenvalue weighted by atomic mass is 16.5. The van der Waals surface area contributed by atoms with Crippen molar-refractivity contribution in [3.63, 3.8) is 0 Å². The Bertz CT molecular complexity index is 470. The molecule has 0 saturated heterocycles. The highest BCUT2D eigenvalue weighted by molar-refractivity contribution is 6.00. The molecular weight excluding hydrogens is 232 g/mol. The highest BCUT2D eigenvalue weighted by Crippen LogP contribution is 2.31. The molecule has 0 aromatic heterocycles. The first kappa shape index (κ1) is 13.9. The Kier molecular flexibility index (Phi) is 4.59. The van der Waals surface area contributed by atoms with Crippen molar-refractivity contribution in [1.82, 2.24) is 5.32 Å². The van der Waals surface area contributed by atoms with E-state index in [-0.39, 0.29) is 5.91 Å². The molecule has 0 fully saturated rings. The van der Waals surface area contributed by atoms with Gasteiger partial charge in [0.2, 0.25) is 0 Å². The second kappa shape index (κ2) is 5.95. The Morgan fingerprint density at radius 1 is 1.33 bits per heavy atom. The van der Waals surface area contributed by atoms with Crippen molar-refractivity contribution in [2.24, 2.45) is 0 Å². The fourth-order valence-corrected chi connectivity index (χ4v) is 1.42. The molecule has 0 atom stereocenters. The summed E-state index contributed by atoms with van der Waals surface area (Å²) in [6, 6.07) is 3.12. The molecule has 0 spiro atoms. The lowest BCUT2D eigenvalue weighted by atomic mass is 10.1. The van der Waals surface area contributed by atoms with Crippen LogP contribution in [0.15, 0.2) is 24.3 Å². The summed E-state index contributed by atoms with van der Waals surface area (Å²) in [6.07, 6.45) is 0. The summed E-state index contributed by atoms with van der Waals surface area (Å²) in [7, 11) is 3.02. The van der Waals surface area contributed by atoms with Crippen LogP contribution in [-0.2, 0) is 0 Å². The van der Waals surface area contributed by atoms with Crippen molar-refractivity contribution >= 4 is 11.6 Å². The van der Waals surface area contributed by atoms with Crippen LogP contribution in [0.25, 0.3) is 0 Å². The van der Waals surface area contributed by atoms with E-state index in [1.54, 1.807) is 12.1 Å². The fraction of sp³-hybridized carbons (Fsp3) is 0.308. The van der Waals surface area contributed by atoms with Crippen molar-refractivity contribution < 1.29 is 14.3 Å². The Labute approximate surface area is 107 Å². The average molecular weight is 250 g/mol. The number of nitrogens with one attached hydrogen (secondary N) is 1. The van der Waals surface area contributed by atoms with E-state index in [9.17, 15) is 4.79 Å². The molecule has 0 bridgehead atoms. The molecule has 0 aliphatic rings. The first-order valence-electron chi connectivity index (χ1n) is 5.43. The molecule has 0 aliphatic carbocycles. The van der Waals surface area contributed by atoms with Crippen LogP contribution in [0, 0.1) is 0 Å². The molecule has 5 nitrogen and oxygen atoms in total. The van der Waals surface area contributed by atoms with Crippen LogP contribution in [0.1, 0.15) is 17.3 Å². The molecule has 18 heavy (non-hydrogen) atoms. The van der Waals surface area contributed by atoms with Crippen LogP contribution in [0.2, 0.25) is 0 Å². The quantitative estimate of drug-likeness (QED) is 0.615. The van der Waals surface area contributed by atoms with Crippen molar-refractivity contribution in [3.05, 3.63) is 29.8 Å². The average Bonchev–Trinajstić information content (AvgIpc) is 2.35. The van der Waals surface area contributed by atoms with Crippen molar-refractivity contribution in [2.45, 2.75) is 6.92 Å². The summed E-state index contributed by atoms with van der Waals surface area (Å²) < 4.78 is 10.2. The Morgan fingerprint density at radius 3 is 2.39 bits per heavy atom. The zero-order valence-corrected chi connectivity index (χ0v) is 10.9. The molecule has 1 rings (SSSR count). The second-order valence-corrected chi connectivity index (χ2v) is 3.93. The molecule has 1 aromatic rings. The summed E-state index contributed by atoms with van der Waals surface area (Å²) in [5.74, 6) is 0.690. The number of ether oxygens (including phenoxy) is 2. The number of amides is 1. The van der Waals surface area contributed by atoms with E-state index in [2.05, 4.69) is 11.9 Å². The first-order chi connectivity index (χ1) is 8.49. The summed E-state index contributed by atoms with van der Waals surface area (Å²) in [5, 5.41) is 2.71. The van der Waals surface area contributed by atoms with Gasteiger partial charge >= 0.3 is 0 Å². The number of methoxy groups -OCH3 is 2. The molecular formula is C13H18N2O3. The van der Waals surface area contributed by atoms with Crippen LogP contribution in [0.3, 0.4) is 0 Å². The SMILES string of the molecule is C=C(C)CNC(=O)c1cc(OC)c(OC)cc1N. The summed E-state index contributed by atoms with van der Waals surface area (Å²) in [6.45, 7) is 5.95. The van der Waals surface area contributed by atoms with Crippen LogP contribution in [0.5, 0.6) is 11.5 Å². The maximum atomic E-state index is 11.9. The van der Waals surface area contributed by atoms with Gasteiger partial charge in [0.25, 0.3) is 5.91 Å². The third-order valence-corrected chi connectivity index (χ3v) is 2.35. The minimum Gasteiger partial charge on any atom is -0.493 e. The van der Waals surface area contributed by atoms with Crippen LogP contribution in [0.4, 0.5) is 5.69 Å². The van der Waals surface area contributed by atoms with Gasteiger partial charge in [0.15, 0.2) is 11.5 Å². The standard InChI is InChI=1S/C13H18N2O3/c1-8(2)7-15-13(16)9-5-11(17-3)12(18-4)6-10(9)14/h5-6H,1,7,14H2,2-4H3,(H,15,16). The van der Waals surface area contributed by atoms with Gasteiger partial charge in [0, 0.05) is 18.3 Å². The van der Waals surface area contributed by atoms with Crippen molar-refractivity contribution in [3.8, 4) is 11.5 Å². The number of benzene rings is 1. The van der Waals surface area contributed by atoms with Gasteiger partial charge in [0.05, 0.1) is 19.8 Å². The molecule has 1 amide bonds. The maximum absolute atomic E-state index is 11.9. The number of carbonyl (C=O) groups excluding carboxylic acids is 1. The van der Waals surface area contributed by atoms with E-state index in [1.807, 2.05) is 6.92 Å². The summed E-state index contributed by atoms with van der Waals surface area (Å²) >= 11 is 0. The van der Waals surface area contributed by atoms with E-state index in [0.717, 1.165) is 5.57 Å². The van der Waals surface area contributed by atoms with Crippen LogP contribution >= 0.6 is 0 Å². The smallest absolute Gasteiger partial charge is 0.253 e. The van der Waals surface area contributed by atoms with Gasteiger partial charge < -0.3 is 20.5 Å². The van der Waals surface area contributed by atoms with Gasteiger partial charge in [-0.2, -0.15) is 0 Å². The fourth-order valence-electron chi connectivity index (χ4n) is 1.42. The number of hydrogen-bond acceptors (Lipinski definition) is 4. The third kappa shape index (κ3) is 3.16. The topological polar surface area (TPSA) is 73.6 Å². The van der Waals surface area contributed by atoms with Crippen molar-refractivity contribution in [1.29, 1.82) is 0 Å². The Hall–Kier alpha value is -2.17. The van der Waals surface area contributed by atoms with Crippen LogP contribution in [-0.4, -0.2) is 26.7 Å². The third-order valence-electron chi connectivity index (χ3n) is 2.35. The monoisotopic (exact) mass is 250 g/mol. The second-order valence-electron chi connectivity index (χ2n) is 3.93. The largest absolute Gasteiger partial charge is 0.493 e. The normalized spacial score (nSPS) is 9.72. The predicted molar refractivity (Wildman–Crippen MR) is 71.1 cm³/mol. The molecule has 1 aromatic carbocycles. The molecule has 0 heterocycles. The summed E-state index contributed by atoms with van der Waals surface area (Å²) in [4.78, 5) is 11.9. The van der Waals surface area contributed by atoms with E-state index in [4.69, 9.17) is 15.2 Å². The van der Waals surface area contributed by atoms with Gasteiger partial charge in [-0.25, -0.2) is 0 Å². The van der Waals surface area contributed by atoms with Crippen molar-refractivity contribution in [2.75, 3.05) is 26.5 Å². The molecule has 98 valence electrons. The van der Waals surface area contributed by atoms with Gasteiger partial charge in [-0.15, -0.1) is 0 Å². The van der Waals surface area contributed by atoms with E-state index < -0.39 is 0 Å². The van der Waals surface area contributed by atoms with E-state index in [1.165, 1.54) is 14.2 Å². The number of nitrogens with two attached hydrogens (primary N) is 1. The van der Waals surface area contributed by atoms with Gasteiger partial charge in [-0.3, -0.25) is 4.79 Å². The Morgan fingerprint density at radius 2 is 1.89 bits per heavy atom. The lowest BCUT2D eigenvalue weighted by molar-refractivity contribution is 0.0957. The number of anilines is 1. The summed E-state index contributed by atoms with van der Waals surface area (Å²) in [5.41, 5.74) is 7.37. The molecule has 3 N–H and O–H groups in total. The van der Waals surface area contributed by atoms with Gasteiger partial charge in [-0.05, 0) is 13.0 Å². The zero-order valence-electron chi connectivity index (χ0n) is 10.9. The Balaban J connectivity index is 3.01. The lowest BCUT2D eigenvalue weighted by Gasteiger charge is -2.12. The number of rotatable bonds is 5. The first-order valence-corrected chi connectivity index (χ1v) is 5.43. The number of carbonyl (C=O) groups is 1. The van der Waals surface area contributed by atoms with E-state index in [0.29, 0.717) is 29.3 Å². The predicted octanol–water partition coefficient (Wildman–Crippen LogP) is 1.59. The van der Waals surface area contributed by atoms with E-state index >= 15 is 0 Å². The molecule has 0 radical (unpaired) electrons. The molecule has 0 unspecified atom stereocenters. The minimum atomic E-state index is -0.267. The zero-order chi connectivity index (χ0) is 13.7. The highest BCUT2D eigenvalue weighted by Gasteiger charge is 2.14. The van der Waals surface area contributed by atoms with Gasteiger partial charge in [0.1, 0.15) is 0 Å². The van der Waals surface area contributed by atoms with Crippen LogP contribution < -0.4 is 20.5 Å². The maximum Gasteiger partial charge on any atom is 0.253 e. The number of nitrogen functional groups attached to an aromatic ring is 1. The minimum absolute atomic E-state index is 0.267. The lowest BCUT2D eigenvalue weighted by Crippen LogP contribution is -2.25. The number of hydrogen-bond donors (Lipinski definition) is 2. The van der Waals surface area contributed by atoms with Gasteiger partial charge in [-0.1, -0.05) is 12.2 Å². The molecule has 0 aliphatic heterocycles. The molecule has 0 saturated carbocycles.